The van der Waals surface area contributed by atoms with Crippen LogP contribution in [0.15, 0.2) is 104 Å². The maximum atomic E-state index is 13.0. The Morgan fingerprint density at radius 1 is 0.816 bits per heavy atom. The minimum atomic E-state index is -0.259. The molecule has 0 aliphatic rings. The molecule has 0 radical (unpaired) electrons. The average Bonchev–Trinajstić information content (AvgIpc) is 2.98. The third-order valence-electron chi connectivity index (χ3n) is 5.75. The molecule has 0 bridgehead atoms. The van der Waals surface area contributed by atoms with E-state index in [1.54, 1.807) is 55.0 Å². The second-order valence-electron chi connectivity index (χ2n) is 8.39. The number of benzene rings is 2. The number of carbonyl (C=O) groups is 1. The number of carbonyl (C=O) groups excluding carboxylic acids is 1. The molecule has 5 aromatic rings. The van der Waals surface area contributed by atoms with Crippen molar-refractivity contribution in [3.63, 3.8) is 0 Å². The van der Waals surface area contributed by atoms with E-state index in [-0.39, 0.29) is 5.91 Å². The van der Waals surface area contributed by atoms with Crippen LogP contribution in [0.1, 0.15) is 28.7 Å². The lowest BCUT2D eigenvalue weighted by Gasteiger charge is -2.12. The lowest BCUT2D eigenvalue weighted by Crippen LogP contribution is -2.15. The number of nitrogens with one attached hydrogen (secondary N) is 2. The van der Waals surface area contributed by atoms with E-state index in [0.29, 0.717) is 35.2 Å². The van der Waals surface area contributed by atoms with E-state index >= 15 is 0 Å². The first-order valence-corrected chi connectivity index (χ1v) is 12.3. The summed E-state index contributed by atoms with van der Waals surface area (Å²) in [5.74, 6) is 2.04. The molecule has 3 heterocycles. The van der Waals surface area contributed by atoms with E-state index in [0.717, 1.165) is 29.1 Å². The number of hydrogen-bond donors (Lipinski definition) is 2. The highest BCUT2D eigenvalue weighted by Gasteiger charge is 2.14. The normalized spacial score (nSPS) is 10.6. The average molecular weight is 503 g/mol. The zero-order valence-electron chi connectivity index (χ0n) is 20.8. The number of pyridine rings is 2. The Morgan fingerprint density at radius 2 is 1.61 bits per heavy atom. The molecule has 8 heteroatoms. The number of hydrogen-bond acceptors (Lipinski definition) is 7. The summed E-state index contributed by atoms with van der Waals surface area (Å²) in [6.45, 7) is 2.57. The number of aryl methyl sites for hydroxylation is 1. The SMILES string of the molecule is CCc1nccc(-c2cccnc2Oc2ccc(NC(=O)c3cccnc3NCc3ccccc3)cc2)n1. The Bertz CT molecular complexity index is 1520. The largest absolute Gasteiger partial charge is 0.438 e. The second kappa shape index (κ2) is 11.7. The van der Waals surface area contributed by atoms with Crippen molar-refractivity contribution in [3.05, 3.63) is 120 Å². The standard InChI is InChI=1S/C30H26N6O2/c1-2-27-31-19-16-26(36-27)24-10-6-18-33-30(24)38-23-14-12-22(13-15-23)35-29(37)25-11-7-17-32-28(25)34-20-21-8-4-3-5-9-21/h3-19H,2,20H2,1H3,(H,32,34)(H,35,37). The lowest BCUT2D eigenvalue weighted by atomic mass is 10.2. The molecule has 0 fully saturated rings. The van der Waals surface area contributed by atoms with Crippen molar-refractivity contribution in [2.75, 3.05) is 10.6 Å². The summed E-state index contributed by atoms with van der Waals surface area (Å²) < 4.78 is 6.07. The molecular weight excluding hydrogens is 476 g/mol. The molecule has 5 rings (SSSR count). The van der Waals surface area contributed by atoms with Gasteiger partial charge in [-0.1, -0.05) is 37.3 Å². The van der Waals surface area contributed by atoms with Gasteiger partial charge in [0.25, 0.3) is 5.91 Å². The fourth-order valence-electron chi connectivity index (χ4n) is 3.81. The van der Waals surface area contributed by atoms with Gasteiger partial charge in [-0.05, 0) is 60.2 Å². The summed E-state index contributed by atoms with van der Waals surface area (Å²) in [7, 11) is 0. The zero-order chi connectivity index (χ0) is 26.2. The minimum absolute atomic E-state index is 0.259. The number of anilines is 2. The van der Waals surface area contributed by atoms with Crippen molar-refractivity contribution in [2.45, 2.75) is 19.9 Å². The van der Waals surface area contributed by atoms with Crippen LogP contribution in [-0.2, 0) is 13.0 Å². The Morgan fingerprint density at radius 3 is 2.42 bits per heavy atom. The van der Waals surface area contributed by atoms with Gasteiger partial charge >= 0.3 is 0 Å². The topological polar surface area (TPSA) is 102 Å². The van der Waals surface area contributed by atoms with Gasteiger partial charge in [0.05, 0.1) is 16.8 Å². The maximum Gasteiger partial charge on any atom is 0.259 e. The van der Waals surface area contributed by atoms with Gasteiger partial charge in [-0.15, -0.1) is 0 Å². The van der Waals surface area contributed by atoms with Crippen LogP contribution in [0, 0.1) is 0 Å². The zero-order valence-corrected chi connectivity index (χ0v) is 20.8. The molecule has 8 nitrogen and oxygen atoms in total. The summed E-state index contributed by atoms with van der Waals surface area (Å²) in [5.41, 5.74) is 3.70. The predicted molar refractivity (Wildman–Crippen MR) is 147 cm³/mol. The summed E-state index contributed by atoms with van der Waals surface area (Å²) in [6.07, 6.45) is 5.81. The van der Waals surface area contributed by atoms with Crippen molar-refractivity contribution in [2.24, 2.45) is 0 Å². The van der Waals surface area contributed by atoms with Crippen LogP contribution in [0.3, 0.4) is 0 Å². The van der Waals surface area contributed by atoms with E-state index in [9.17, 15) is 4.79 Å². The van der Waals surface area contributed by atoms with Crippen LogP contribution in [0.5, 0.6) is 11.6 Å². The molecule has 0 atom stereocenters. The fourth-order valence-corrected chi connectivity index (χ4v) is 3.81. The molecule has 0 aliphatic heterocycles. The van der Waals surface area contributed by atoms with Gasteiger partial charge in [0.2, 0.25) is 5.88 Å². The van der Waals surface area contributed by atoms with Gasteiger partial charge in [0.15, 0.2) is 0 Å². The van der Waals surface area contributed by atoms with Crippen molar-refractivity contribution < 1.29 is 9.53 Å². The van der Waals surface area contributed by atoms with Gasteiger partial charge in [0, 0.05) is 37.2 Å². The van der Waals surface area contributed by atoms with Crippen molar-refractivity contribution in [1.82, 2.24) is 19.9 Å². The van der Waals surface area contributed by atoms with E-state index in [2.05, 4.69) is 30.6 Å². The van der Waals surface area contributed by atoms with Gasteiger partial charge in [-0.2, -0.15) is 0 Å². The molecule has 0 saturated carbocycles. The quantitative estimate of drug-likeness (QED) is 0.249. The minimum Gasteiger partial charge on any atom is -0.438 e. The first-order valence-electron chi connectivity index (χ1n) is 12.3. The Kier molecular flexibility index (Phi) is 7.60. The van der Waals surface area contributed by atoms with E-state index in [1.165, 1.54) is 0 Å². The monoisotopic (exact) mass is 502 g/mol. The molecule has 0 saturated heterocycles. The van der Waals surface area contributed by atoms with Crippen molar-refractivity contribution in [1.29, 1.82) is 0 Å². The van der Waals surface area contributed by atoms with Crippen molar-refractivity contribution >= 4 is 17.4 Å². The molecule has 0 unspecified atom stereocenters. The lowest BCUT2D eigenvalue weighted by molar-refractivity contribution is 0.102. The number of rotatable bonds is 9. The highest BCUT2D eigenvalue weighted by Crippen LogP contribution is 2.30. The third-order valence-corrected chi connectivity index (χ3v) is 5.75. The molecule has 38 heavy (non-hydrogen) atoms. The number of aromatic nitrogens is 4. The fraction of sp³-hybridized carbons (Fsp3) is 0.100. The Hall–Kier alpha value is -5.11. The first kappa shape index (κ1) is 24.6. The molecule has 2 N–H and O–H groups in total. The van der Waals surface area contributed by atoms with Gasteiger partial charge in [-0.25, -0.2) is 19.9 Å². The van der Waals surface area contributed by atoms with Crippen LogP contribution in [0.2, 0.25) is 0 Å². The predicted octanol–water partition coefficient (Wildman–Crippen LogP) is 6.15. The third kappa shape index (κ3) is 5.99. The Labute approximate surface area is 220 Å². The molecule has 0 spiro atoms. The number of nitrogens with zero attached hydrogens (tertiary/aromatic N) is 4. The van der Waals surface area contributed by atoms with E-state index < -0.39 is 0 Å². The van der Waals surface area contributed by atoms with E-state index in [1.807, 2.05) is 55.5 Å². The highest BCUT2D eigenvalue weighted by molar-refractivity contribution is 6.07. The molecule has 3 aromatic heterocycles. The summed E-state index contributed by atoms with van der Waals surface area (Å²) in [5, 5.41) is 6.18. The van der Waals surface area contributed by atoms with Crippen LogP contribution in [0.25, 0.3) is 11.3 Å². The second-order valence-corrected chi connectivity index (χ2v) is 8.39. The number of amides is 1. The van der Waals surface area contributed by atoms with Gasteiger partial charge in [0.1, 0.15) is 17.4 Å². The Balaban J connectivity index is 1.27. The molecule has 2 aromatic carbocycles. The van der Waals surface area contributed by atoms with E-state index in [4.69, 9.17) is 4.74 Å². The van der Waals surface area contributed by atoms with Crippen LogP contribution in [-0.4, -0.2) is 25.8 Å². The summed E-state index contributed by atoms with van der Waals surface area (Å²) in [6, 6.07) is 26.2. The molecule has 188 valence electrons. The van der Waals surface area contributed by atoms with Crippen LogP contribution in [0.4, 0.5) is 11.5 Å². The van der Waals surface area contributed by atoms with Crippen LogP contribution >= 0.6 is 0 Å². The maximum absolute atomic E-state index is 13.0. The van der Waals surface area contributed by atoms with Crippen molar-refractivity contribution in [3.8, 4) is 22.9 Å². The summed E-state index contributed by atoms with van der Waals surface area (Å²) in [4.78, 5) is 30.6. The molecule has 1 amide bonds. The highest BCUT2D eigenvalue weighted by atomic mass is 16.5. The van der Waals surface area contributed by atoms with Gasteiger partial charge in [-0.3, -0.25) is 4.79 Å². The summed E-state index contributed by atoms with van der Waals surface area (Å²) >= 11 is 0. The smallest absolute Gasteiger partial charge is 0.259 e. The first-order chi connectivity index (χ1) is 18.7. The van der Waals surface area contributed by atoms with Crippen LogP contribution < -0.4 is 15.4 Å². The van der Waals surface area contributed by atoms with Gasteiger partial charge < -0.3 is 15.4 Å². The molecular formula is C30H26N6O2. The number of ether oxygens (including phenoxy) is 1. The molecule has 0 aliphatic carbocycles.